The lowest BCUT2D eigenvalue weighted by Crippen LogP contribution is -2.30. The largest absolute Gasteiger partial charge is 0.338 e. The van der Waals surface area contributed by atoms with Gasteiger partial charge in [0.05, 0.1) is 5.69 Å². The van der Waals surface area contributed by atoms with E-state index in [-0.39, 0.29) is 6.03 Å². The lowest BCUT2D eigenvalue weighted by Gasteiger charge is -2.13. The molecule has 0 spiro atoms. The van der Waals surface area contributed by atoms with Crippen molar-refractivity contribution in [3.8, 4) is 0 Å². The number of halogens is 1. The van der Waals surface area contributed by atoms with Crippen LogP contribution in [-0.4, -0.2) is 34.0 Å². The Bertz CT molecular complexity index is 510. The molecule has 0 aliphatic carbocycles. The minimum atomic E-state index is -0.824. The van der Waals surface area contributed by atoms with Crippen LogP contribution in [0.2, 0.25) is 5.02 Å². The number of urea groups is 1. The fourth-order valence-corrected chi connectivity index (χ4v) is 3.21. The molecule has 4 nitrogen and oxygen atoms in total. The number of amides is 2. The van der Waals surface area contributed by atoms with E-state index in [4.69, 9.17) is 11.6 Å². The summed E-state index contributed by atoms with van der Waals surface area (Å²) < 4.78 is 10.9. The predicted octanol–water partition coefficient (Wildman–Crippen LogP) is 3.73. The Morgan fingerprint density at radius 1 is 1.43 bits per heavy atom. The van der Waals surface area contributed by atoms with E-state index in [2.05, 4.69) is 24.5 Å². The van der Waals surface area contributed by atoms with Gasteiger partial charge in [0.15, 0.2) is 0 Å². The maximum Gasteiger partial charge on any atom is 0.319 e. The van der Waals surface area contributed by atoms with E-state index >= 15 is 0 Å². The zero-order valence-electron chi connectivity index (χ0n) is 12.4. The van der Waals surface area contributed by atoms with Crippen LogP contribution in [0.15, 0.2) is 23.1 Å². The first-order valence-corrected chi connectivity index (χ1v) is 9.68. The van der Waals surface area contributed by atoms with Crippen molar-refractivity contribution in [3.63, 3.8) is 0 Å². The van der Waals surface area contributed by atoms with Crippen molar-refractivity contribution in [2.24, 2.45) is 0 Å². The highest BCUT2D eigenvalue weighted by Gasteiger charge is 2.09. The molecular formula is C14H21ClN2O2S2. The first-order chi connectivity index (χ1) is 9.88. The van der Waals surface area contributed by atoms with Crippen LogP contribution in [0.25, 0.3) is 0 Å². The van der Waals surface area contributed by atoms with Gasteiger partial charge in [-0.1, -0.05) is 25.4 Å². The first kappa shape index (κ1) is 18.3. The van der Waals surface area contributed by atoms with Crippen LogP contribution >= 0.6 is 23.4 Å². The highest BCUT2D eigenvalue weighted by atomic mass is 35.5. The van der Waals surface area contributed by atoms with Crippen molar-refractivity contribution >= 4 is 45.9 Å². The average molecular weight is 349 g/mol. The number of carbonyl (C=O) groups excluding carboxylic acids is 1. The Morgan fingerprint density at radius 3 is 2.76 bits per heavy atom. The van der Waals surface area contributed by atoms with Crippen molar-refractivity contribution in [2.75, 3.05) is 23.9 Å². The van der Waals surface area contributed by atoms with Crippen LogP contribution in [-0.2, 0) is 10.8 Å². The van der Waals surface area contributed by atoms with E-state index in [0.29, 0.717) is 34.7 Å². The summed E-state index contributed by atoms with van der Waals surface area (Å²) in [4.78, 5) is 12.8. The number of nitrogens with one attached hydrogen (secondary N) is 2. The normalized spacial score (nSPS) is 12.2. The Kier molecular flexibility index (Phi) is 8.14. The molecule has 118 valence electrons. The number of rotatable bonds is 7. The van der Waals surface area contributed by atoms with Gasteiger partial charge in [0.25, 0.3) is 0 Å². The highest BCUT2D eigenvalue weighted by Crippen LogP contribution is 2.32. The molecule has 0 radical (unpaired) electrons. The summed E-state index contributed by atoms with van der Waals surface area (Å²) in [5.74, 6) is 0.589. The SMILES string of the molecule is CC(C)Sc1ccc(Cl)cc1NC(=O)NCCCS(C)=O. The van der Waals surface area contributed by atoms with Gasteiger partial charge in [-0.05, 0) is 24.6 Å². The predicted molar refractivity (Wildman–Crippen MR) is 93.0 cm³/mol. The molecule has 0 saturated carbocycles. The molecule has 0 saturated heterocycles. The maximum atomic E-state index is 11.9. The van der Waals surface area contributed by atoms with Crippen LogP contribution < -0.4 is 10.6 Å². The van der Waals surface area contributed by atoms with Gasteiger partial charge in [0.2, 0.25) is 0 Å². The number of thioether (sulfide) groups is 1. The highest BCUT2D eigenvalue weighted by molar-refractivity contribution is 8.00. The van der Waals surface area contributed by atoms with Gasteiger partial charge >= 0.3 is 6.03 Å². The third kappa shape index (κ3) is 7.74. The standard InChI is InChI=1S/C14H21ClN2O2S2/c1-10(2)20-13-6-5-11(15)9-12(13)17-14(18)16-7-4-8-21(3)19/h5-6,9-10H,4,7-8H2,1-3H3,(H2,16,17,18). The van der Waals surface area contributed by atoms with E-state index in [1.165, 1.54) is 0 Å². The van der Waals surface area contributed by atoms with Crippen molar-refractivity contribution in [3.05, 3.63) is 23.2 Å². The molecule has 0 aromatic heterocycles. The molecular weight excluding hydrogens is 328 g/mol. The smallest absolute Gasteiger partial charge is 0.319 e. The van der Waals surface area contributed by atoms with Crippen LogP contribution in [0.1, 0.15) is 20.3 Å². The van der Waals surface area contributed by atoms with Crippen LogP contribution in [0.4, 0.5) is 10.5 Å². The fraction of sp³-hybridized carbons (Fsp3) is 0.500. The van der Waals surface area contributed by atoms with Gasteiger partial charge in [-0.25, -0.2) is 4.79 Å². The fourth-order valence-electron chi connectivity index (χ4n) is 1.60. The van der Waals surface area contributed by atoms with Gasteiger partial charge in [-0.3, -0.25) is 4.21 Å². The molecule has 0 bridgehead atoms. The summed E-state index contributed by atoms with van der Waals surface area (Å²) in [6, 6.07) is 5.19. The van der Waals surface area contributed by atoms with Crippen LogP contribution in [0.3, 0.4) is 0 Å². The second-order valence-corrected chi connectivity index (χ2v) is 8.43. The molecule has 2 N–H and O–H groups in total. The van der Waals surface area contributed by atoms with Crippen molar-refractivity contribution < 1.29 is 9.00 Å². The minimum Gasteiger partial charge on any atom is -0.338 e. The van der Waals surface area contributed by atoms with Crippen molar-refractivity contribution in [2.45, 2.75) is 30.4 Å². The van der Waals surface area contributed by atoms with Crippen molar-refractivity contribution in [1.29, 1.82) is 0 Å². The van der Waals surface area contributed by atoms with Crippen LogP contribution in [0.5, 0.6) is 0 Å². The molecule has 1 aromatic rings. The summed E-state index contributed by atoms with van der Waals surface area (Å²) >= 11 is 7.65. The van der Waals surface area contributed by atoms with Gasteiger partial charge in [0, 0.05) is 44.5 Å². The minimum absolute atomic E-state index is 0.273. The lowest BCUT2D eigenvalue weighted by molar-refractivity contribution is 0.252. The number of hydrogen-bond acceptors (Lipinski definition) is 3. The number of carbonyl (C=O) groups is 1. The summed E-state index contributed by atoms with van der Waals surface area (Å²) in [5.41, 5.74) is 0.706. The molecule has 0 heterocycles. The molecule has 2 amide bonds. The molecule has 0 aliphatic rings. The number of hydrogen-bond donors (Lipinski definition) is 2. The number of anilines is 1. The zero-order valence-corrected chi connectivity index (χ0v) is 14.8. The van der Waals surface area contributed by atoms with Crippen LogP contribution in [0, 0.1) is 0 Å². The van der Waals surface area contributed by atoms with E-state index in [1.54, 1.807) is 24.1 Å². The molecule has 7 heteroatoms. The van der Waals surface area contributed by atoms with E-state index in [9.17, 15) is 9.00 Å². The average Bonchev–Trinajstić information content (AvgIpc) is 2.37. The van der Waals surface area contributed by atoms with E-state index in [0.717, 1.165) is 4.90 Å². The molecule has 1 rings (SSSR count). The van der Waals surface area contributed by atoms with Crippen molar-refractivity contribution in [1.82, 2.24) is 5.32 Å². The van der Waals surface area contributed by atoms with E-state index in [1.807, 2.05) is 12.1 Å². The van der Waals surface area contributed by atoms with Gasteiger partial charge in [-0.15, -0.1) is 11.8 Å². The Balaban J connectivity index is 2.58. The second kappa shape index (κ2) is 9.33. The Labute approximate surface area is 137 Å². The molecule has 21 heavy (non-hydrogen) atoms. The summed E-state index contributed by atoms with van der Waals surface area (Å²) in [6.07, 6.45) is 2.35. The maximum absolute atomic E-state index is 11.9. The summed E-state index contributed by atoms with van der Waals surface area (Å²) in [6.45, 7) is 4.68. The lowest BCUT2D eigenvalue weighted by atomic mass is 10.3. The molecule has 1 atom stereocenters. The molecule has 0 aliphatic heterocycles. The Hall–Kier alpha value is -0.720. The van der Waals surface area contributed by atoms with Gasteiger partial charge in [0.1, 0.15) is 0 Å². The summed E-state index contributed by atoms with van der Waals surface area (Å²) in [7, 11) is -0.824. The van der Waals surface area contributed by atoms with Gasteiger partial charge in [-0.2, -0.15) is 0 Å². The molecule has 0 fully saturated rings. The topological polar surface area (TPSA) is 58.2 Å². The van der Waals surface area contributed by atoms with E-state index < -0.39 is 10.8 Å². The zero-order chi connectivity index (χ0) is 15.8. The third-order valence-corrected chi connectivity index (χ3v) is 4.63. The summed E-state index contributed by atoms with van der Waals surface area (Å²) in [5, 5.41) is 6.56. The molecule has 1 aromatic carbocycles. The van der Waals surface area contributed by atoms with Gasteiger partial charge < -0.3 is 10.6 Å². The monoisotopic (exact) mass is 348 g/mol. The first-order valence-electron chi connectivity index (χ1n) is 6.69. The quantitative estimate of drug-likeness (QED) is 0.583. The molecule has 1 unspecified atom stereocenters. The number of benzene rings is 1. The third-order valence-electron chi connectivity index (χ3n) is 2.45. The second-order valence-electron chi connectivity index (χ2n) is 4.82. The Morgan fingerprint density at radius 2 is 2.14 bits per heavy atom.